The quantitative estimate of drug-likeness (QED) is 0.823. The molecular formula is C15H16N4O. The fourth-order valence-corrected chi connectivity index (χ4v) is 2.75. The molecule has 102 valence electrons. The van der Waals surface area contributed by atoms with Crippen molar-refractivity contribution in [1.29, 1.82) is 5.26 Å². The summed E-state index contributed by atoms with van der Waals surface area (Å²) >= 11 is 0. The molecule has 0 unspecified atom stereocenters. The first-order chi connectivity index (χ1) is 9.70. The van der Waals surface area contributed by atoms with Crippen LogP contribution in [0.15, 0.2) is 23.0 Å². The zero-order valence-corrected chi connectivity index (χ0v) is 11.5. The highest BCUT2D eigenvalue weighted by Crippen LogP contribution is 2.15. The van der Waals surface area contributed by atoms with E-state index in [9.17, 15) is 4.79 Å². The zero-order valence-electron chi connectivity index (χ0n) is 11.5. The van der Waals surface area contributed by atoms with Gasteiger partial charge in [-0.2, -0.15) is 5.26 Å². The molecule has 0 amide bonds. The minimum Gasteiger partial charge on any atom is -0.297 e. The molecule has 0 saturated heterocycles. The Bertz CT molecular complexity index is 757. The molecule has 0 bridgehead atoms. The van der Waals surface area contributed by atoms with Crippen LogP contribution >= 0.6 is 0 Å². The minimum atomic E-state index is 0.0322. The first-order valence-corrected chi connectivity index (χ1v) is 6.80. The highest BCUT2D eigenvalue weighted by Gasteiger charge is 2.21. The van der Waals surface area contributed by atoms with Gasteiger partial charge >= 0.3 is 0 Å². The predicted octanol–water partition coefficient (Wildman–Crippen LogP) is 1.27. The average Bonchev–Trinajstić information content (AvgIpc) is 2.45. The molecular weight excluding hydrogens is 252 g/mol. The van der Waals surface area contributed by atoms with E-state index < -0.39 is 0 Å². The molecule has 3 rings (SSSR count). The highest BCUT2D eigenvalue weighted by atomic mass is 16.1. The standard InChI is InChI=1S/C15H16N4O/c1-11-4-2-5-14-17-13-6-9-18(8-3-7-16)10-12(13)15(20)19(11)14/h2,4-5H,3,6,8-10H2,1H3. The van der Waals surface area contributed by atoms with Crippen molar-refractivity contribution in [2.24, 2.45) is 0 Å². The summed E-state index contributed by atoms with van der Waals surface area (Å²) in [5.74, 6) is 0. The van der Waals surface area contributed by atoms with Gasteiger partial charge in [0.25, 0.3) is 5.56 Å². The molecule has 0 radical (unpaired) electrons. The summed E-state index contributed by atoms with van der Waals surface area (Å²) in [4.78, 5) is 19.4. The lowest BCUT2D eigenvalue weighted by molar-refractivity contribution is 0.256. The van der Waals surface area contributed by atoms with E-state index in [0.29, 0.717) is 19.5 Å². The van der Waals surface area contributed by atoms with E-state index in [2.05, 4.69) is 16.0 Å². The van der Waals surface area contributed by atoms with Crippen molar-refractivity contribution in [3.8, 4) is 6.07 Å². The van der Waals surface area contributed by atoms with Gasteiger partial charge in [-0.05, 0) is 19.1 Å². The zero-order chi connectivity index (χ0) is 14.1. The van der Waals surface area contributed by atoms with Crippen LogP contribution in [0.25, 0.3) is 5.65 Å². The van der Waals surface area contributed by atoms with Gasteiger partial charge in [0.2, 0.25) is 0 Å². The van der Waals surface area contributed by atoms with Gasteiger partial charge in [0.05, 0.1) is 17.3 Å². The summed E-state index contributed by atoms with van der Waals surface area (Å²) in [7, 11) is 0. The van der Waals surface area contributed by atoms with Gasteiger partial charge in [-0.25, -0.2) is 4.98 Å². The second-order valence-electron chi connectivity index (χ2n) is 5.14. The Hall–Kier alpha value is -2.19. The summed E-state index contributed by atoms with van der Waals surface area (Å²) in [5.41, 5.74) is 3.34. The maximum absolute atomic E-state index is 12.6. The SMILES string of the molecule is Cc1cccc2nc3c(c(=O)n12)CN(CCC#N)CC3. The van der Waals surface area contributed by atoms with E-state index in [1.807, 2.05) is 25.1 Å². The molecule has 0 saturated carbocycles. The van der Waals surface area contributed by atoms with Crippen LogP contribution < -0.4 is 5.56 Å². The number of hydrogen-bond acceptors (Lipinski definition) is 4. The molecule has 0 fully saturated rings. The molecule has 2 aromatic rings. The van der Waals surface area contributed by atoms with Crippen LogP contribution in [0.5, 0.6) is 0 Å². The van der Waals surface area contributed by atoms with E-state index in [1.54, 1.807) is 4.40 Å². The second kappa shape index (κ2) is 5.06. The Morgan fingerprint density at radius 3 is 3.10 bits per heavy atom. The van der Waals surface area contributed by atoms with Crippen molar-refractivity contribution < 1.29 is 0 Å². The summed E-state index contributed by atoms with van der Waals surface area (Å²) < 4.78 is 1.67. The molecule has 1 aliphatic rings. The van der Waals surface area contributed by atoms with Crippen molar-refractivity contribution in [2.75, 3.05) is 13.1 Å². The molecule has 20 heavy (non-hydrogen) atoms. The normalized spacial score (nSPS) is 15.0. The Kier molecular flexibility index (Phi) is 3.25. The lowest BCUT2D eigenvalue weighted by atomic mass is 10.1. The number of hydrogen-bond donors (Lipinski definition) is 0. The third kappa shape index (κ3) is 2.08. The fraction of sp³-hybridized carbons (Fsp3) is 0.400. The van der Waals surface area contributed by atoms with Gasteiger partial charge in [-0.3, -0.25) is 14.1 Å². The summed E-state index contributed by atoms with van der Waals surface area (Å²) in [6.45, 7) is 4.09. The number of nitrogens with zero attached hydrogens (tertiary/aromatic N) is 4. The van der Waals surface area contributed by atoms with Crippen molar-refractivity contribution in [2.45, 2.75) is 26.3 Å². The van der Waals surface area contributed by atoms with Gasteiger partial charge in [-0.15, -0.1) is 0 Å². The molecule has 1 aliphatic heterocycles. The number of nitriles is 1. The van der Waals surface area contributed by atoms with Crippen LogP contribution in [-0.2, 0) is 13.0 Å². The average molecular weight is 268 g/mol. The van der Waals surface area contributed by atoms with Gasteiger partial charge in [0.1, 0.15) is 5.65 Å². The van der Waals surface area contributed by atoms with E-state index in [4.69, 9.17) is 5.26 Å². The smallest absolute Gasteiger partial charge is 0.262 e. The highest BCUT2D eigenvalue weighted by molar-refractivity contribution is 5.43. The first-order valence-electron chi connectivity index (χ1n) is 6.80. The largest absolute Gasteiger partial charge is 0.297 e. The van der Waals surface area contributed by atoms with Crippen LogP contribution in [0, 0.1) is 18.3 Å². The van der Waals surface area contributed by atoms with E-state index >= 15 is 0 Å². The van der Waals surface area contributed by atoms with Crippen LogP contribution in [0.3, 0.4) is 0 Å². The monoisotopic (exact) mass is 268 g/mol. The summed E-state index contributed by atoms with van der Waals surface area (Å²) in [6, 6.07) is 7.86. The van der Waals surface area contributed by atoms with Crippen molar-refractivity contribution in [1.82, 2.24) is 14.3 Å². The Morgan fingerprint density at radius 2 is 2.30 bits per heavy atom. The number of fused-ring (bicyclic) bond motifs is 2. The molecule has 0 atom stereocenters. The summed E-state index contributed by atoms with van der Waals surface area (Å²) in [6.07, 6.45) is 1.27. The lowest BCUT2D eigenvalue weighted by Crippen LogP contribution is -2.37. The van der Waals surface area contributed by atoms with Crippen molar-refractivity contribution in [3.05, 3.63) is 45.5 Å². The van der Waals surface area contributed by atoms with E-state index in [0.717, 1.165) is 35.6 Å². The molecule has 0 aromatic carbocycles. The predicted molar refractivity (Wildman–Crippen MR) is 75.4 cm³/mol. The van der Waals surface area contributed by atoms with Gasteiger partial charge in [0, 0.05) is 38.2 Å². The van der Waals surface area contributed by atoms with Gasteiger partial charge < -0.3 is 0 Å². The molecule has 0 N–H and O–H groups in total. The van der Waals surface area contributed by atoms with E-state index in [-0.39, 0.29) is 5.56 Å². The maximum Gasteiger partial charge on any atom is 0.262 e. The molecule has 2 aromatic heterocycles. The van der Waals surface area contributed by atoms with Crippen molar-refractivity contribution >= 4 is 5.65 Å². The number of aryl methyl sites for hydroxylation is 1. The minimum absolute atomic E-state index is 0.0322. The number of aromatic nitrogens is 2. The van der Waals surface area contributed by atoms with Crippen LogP contribution in [0.1, 0.15) is 23.4 Å². The second-order valence-corrected chi connectivity index (χ2v) is 5.14. The number of rotatable bonds is 2. The topological polar surface area (TPSA) is 61.4 Å². The third-order valence-electron chi connectivity index (χ3n) is 3.81. The Balaban J connectivity index is 2.08. The number of pyridine rings is 1. The van der Waals surface area contributed by atoms with Crippen molar-refractivity contribution in [3.63, 3.8) is 0 Å². The molecule has 0 spiro atoms. The maximum atomic E-state index is 12.6. The van der Waals surface area contributed by atoms with Crippen LogP contribution in [0.2, 0.25) is 0 Å². The van der Waals surface area contributed by atoms with Gasteiger partial charge in [0.15, 0.2) is 0 Å². The van der Waals surface area contributed by atoms with Crippen LogP contribution in [0.4, 0.5) is 0 Å². The fourth-order valence-electron chi connectivity index (χ4n) is 2.75. The molecule has 5 heteroatoms. The molecule has 5 nitrogen and oxygen atoms in total. The summed E-state index contributed by atoms with van der Waals surface area (Å²) in [5, 5.41) is 8.67. The molecule has 0 aliphatic carbocycles. The van der Waals surface area contributed by atoms with E-state index in [1.165, 1.54) is 0 Å². The first kappa shape index (κ1) is 12.8. The molecule has 3 heterocycles. The Labute approximate surface area is 117 Å². The van der Waals surface area contributed by atoms with Crippen LogP contribution in [-0.4, -0.2) is 27.4 Å². The lowest BCUT2D eigenvalue weighted by Gasteiger charge is -2.27. The Morgan fingerprint density at radius 1 is 1.45 bits per heavy atom. The van der Waals surface area contributed by atoms with Gasteiger partial charge in [-0.1, -0.05) is 6.07 Å². The third-order valence-corrected chi connectivity index (χ3v) is 3.81.